The maximum atomic E-state index is 0. The van der Waals surface area contributed by atoms with E-state index in [1.165, 1.54) is 0 Å². The number of halogens is 5. The molecule has 0 radical (unpaired) electrons. The Balaban J connectivity index is 0. The fourth-order valence-electron chi connectivity index (χ4n) is 0. The molecule has 0 unspecified atom stereocenters. The van der Waals surface area contributed by atoms with E-state index in [4.69, 9.17) is 0 Å². The average molecular weight is 422 g/mol. The molecule has 0 amide bonds. The lowest BCUT2D eigenvalue weighted by molar-refractivity contribution is 2.13. The predicted molar refractivity (Wildman–Crippen MR) is 56.6 cm³/mol. The van der Waals surface area contributed by atoms with Crippen LogP contribution in [0.15, 0.2) is 0 Å². The van der Waals surface area contributed by atoms with Crippen LogP contribution in [0.25, 0.3) is 0 Å². The van der Waals surface area contributed by atoms with Gasteiger partial charge in [-0.05, 0) is 0 Å². The standard InChI is InChI=1S/5BrH.H3N/h5*1H;1H3. The first-order chi connectivity index (χ1) is 0. The fourth-order valence-corrected chi connectivity index (χ4v) is 0. The Bertz CT molecular complexity index is 3.90. The van der Waals surface area contributed by atoms with Gasteiger partial charge in [-0.3, -0.25) is 0 Å². The predicted octanol–water partition coefficient (Wildman–Crippen LogP) is 3.05. The molecule has 0 fully saturated rings. The summed E-state index contributed by atoms with van der Waals surface area (Å²) >= 11 is 0. The van der Waals surface area contributed by atoms with Gasteiger partial charge < -0.3 is 6.15 Å². The Morgan fingerprint density at radius 3 is 0.333 bits per heavy atom. The van der Waals surface area contributed by atoms with Crippen molar-refractivity contribution < 1.29 is 0 Å². The van der Waals surface area contributed by atoms with Gasteiger partial charge in [-0.15, -0.1) is 84.9 Å². The largest absolute Gasteiger partial charge is 0.344 e. The van der Waals surface area contributed by atoms with E-state index in [0.29, 0.717) is 0 Å². The third kappa shape index (κ3) is 32.8. The van der Waals surface area contributed by atoms with Crippen molar-refractivity contribution in [1.82, 2.24) is 6.15 Å². The van der Waals surface area contributed by atoms with Crippen molar-refractivity contribution in [2.24, 2.45) is 0 Å². The molecule has 0 rings (SSSR count). The van der Waals surface area contributed by atoms with Crippen molar-refractivity contribution in [3.63, 3.8) is 0 Å². The Kier molecular flexibility index (Phi) is 724. The van der Waals surface area contributed by atoms with Gasteiger partial charge in [0, 0.05) is 0 Å². The van der Waals surface area contributed by atoms with E-state index in [1.807, 2.05) is 0 Å². The van der Waals surface area contributed by atoms with E-state index in [2.05, 4.69) is 0 Å². The molecule has 1 nitrogen and oxygen atoms in total. The van der Waals surface area contributed by atoms with Gasteiger partial charge in [0.2, 0.25) is 0 Å². The summed E-state index contributed by atoms with van der Waals surface area (Å²) in [4.78, 5) is 0. The Labute approximate surface area is 90.1 Å². The third-order valence-corrected chi connectivity index (χ3v) is 0. The molecule has 3 N–H and O–H groups in total. The lowest BCUT2D eigenvalue weighted by Crippen LogP contribution is -0.481. The highest BCUT2D eigenvalue weighted by Gasteiger charge is -0.110. The van der Waals surface area contributed by atoms with Gasteiger partial charge in [-0.25, -0.2) is 0 Å². The van der Waals surface area contributed by atoms with Crippen LogP contribution in [0.2, 0.25) is 0 Å². The molecule has 6 heteroatoms. The third-order valence-electron chi connectivity index (χ3n) is 0. The summed E-state index contributed by atoms with van der Waals surface area (Å²) in [5.74, 6) is 0. The van der Waals surface area contributed by atoms with Crippen LogP contribution in [0.4, 0.5) is 0 Å². The second-order valence-electron chi connectivity index (χ2n) is 0. The topological polar surface area (TPSA) is 35.0 Å². The van der Waals surface area contributed by atoms with Crippen LogP contribution in [0.5, 0.6) is 0 Å². The van der Waals surface area contributed by atoms with Crippen molar-refractivity contribution in [3.05, 3.63) is 0 Å². The zero-order valence-electron chi connectivity index (χ0n) is 2.75. The zero-order chi connectivity index (χ0) is 0. The van der Waals surface area contributed by atoms with Crippen molar-refractivity contribution >= 4 is 84.9 Å². The molecule has 6 heavy (non-hydrogen) atoms. The van der Waals surface area contributed by atoms with Crippen LogP contribution in [0, 0.1) is 0 Å². The van der Waals surface area contributed by atoms with Crippen molar-refractivity contribution in [2.75, 3.05) is 0 Å². The monoisotopic (exact) mass is 417 g/mol. The summed E-state index contributed by atoms with van der Waals surface area (Å²) < 4.78 is 0. The average Bonchev–Trinajstić information content (AvgIpc) is 0. The highest BCUT2D eigenvalue weighted by atomic mass is 79.9. The van der Waals surface area contributed by atoms with E-state index in [-0.39, 0.29) is 91.1 Å². The summed E-state index contributed by atoms with van der Waals surface area (Å²) in [6.07, 6.45) is 0. The van der Waals surface area contributed by atoms with Crippen molar-refractivity contribution in [3.8, 4) is 0 Å². The molecular formula is H8Br5N. The Morgan fingerprint density at radius 2 is 0.333 bits per heavy atom. The first-order valence-electron chi connectivity index (χ1n) is 0. The molecule has 0 atom stereocenters. The first-order valence-corrected chi connectivity index (χ1v) is 0. The molecule has 0 aromatic heterocycles. The maximum Gasteiger partial charge on any atom is -0.114 e. The van der Waals surface area contributed by atoms with Gasteiger partial charge in [0.05, 0.1) is 0 Å². The molecular weight excluding hydrogens is 414 g/mol. The summed E-state index contributed by atoms with van der Waals surface area (Å²) in [6, 6.07) is 0. The molecule has 0 aromatic carbocycles. The minimum atomic E-state index is 0. The normalized spacial score (nSPS) is 0. The van der Waals surface area contributed by atoms with E-state index in [1.54, 1.807) is 0 Å². The molecule has 0 bridgehead atoms. The minimum Gasteiger partial charge on any atom is -0.344 e. The van der Waals surface area contributed by atoms with Gasteiger partial charge in [-0.2, -0.15) is 0 Å². The lowest BCUT2D eigenvalue weighted by Gasteiger charge is -0.344. The second-order valence-corrected chi connectivity index (χ2v) is 0. The van der Waals surface area contributed by atoms with E-state index < -0.39 is 0 Å². The Morgan fingerprint density at radius 1 is 0.333 bits per heavy atom. The van der Waals surface area contributed by atoms with E-state index in [9.17, 15) is 0 Å². The van der Waals surface area contributed by atoms with Crippen LogP contribution in [0.3, 0.4) is 0 Å². The highest BCUT2D eigenvalue weighted by molar-refractivity contribution is 8.93. The van der Waals surface area contributed by atoms with E-state index in [0.717, 1.165) is 0 Å². The molecule has 0 saturated heterocycles. The smallest absolute Gasteiger partial charge is 0.114 e. The second kappa shape index (κ2) is 53.5. The molecule has 0 aliphatic heterocycles. The van der Waals surface area contributed by atoms with Gasteiger partial charge in [0.15, 0.2) is 0 Å². The molecule has 0 aliphatic carbocycles. The highest BCUT2D eigenvalue weighted by Crippen LogP contribution is 0.850. The van der Waals surface area contributed by atoms with Gasteiger partial charge >= 0.3 is 0 Å². The van der Waals surface area contributed by atoms with Crippen molar-refractivity contribution in [1.29, 1.82) is 0 Å². The zero-order valence-corrected chi connectivity index (χ0v) is 11.3. The van der Waals surface area contributed by atoms with E-state index >= 15 is 0 Å². The summed E-state index contributed by atoms with van der Waals surface area (Å²) in [5, 5.41) is 0. The number of hydrogen-bond acceptors (Lipinski definition) is 1. The molecule has 0 heterocycles. The van der Waals surface area contributed by atoms with Crippen LogP contribution in [-0.4, -0.2) is 0 Å². The first kappa shape index (κ1) is 81.3. The molecule has 0 aromatic rings. The number of rotatable bonds is 0. The summed E-state index contributed by atoms with van der Waals surface area (Å²) in [5.41, 5.74) is 0. The lowest BCUT2D eigenvalue weighted by atomic mass is 14.0. The Hall–Kier alpha value is 2.36. The van der Waals surface area contributed by atoms with Gasteiger partial charge in [0.25, 0.3) is 0 Å². The molecule has 48 valence electrons. The van der Waals surface area contributed by atoms with Crippen LogP contribution >= 0.6 is 84.9 Å². The van der Waals surface area contributed by atoms with Gasteiger partial charge in [0.1, 0.15) is 0 Å². The quantitative estimate of drug-likeness (QED) is 0.641. The molecule has 0 saturated carbocycles. The SMILES string of the molecule is Br.Br.Br.Br.Br.N. The van der Waals surface area contributed by atoms with Gasteiger partial charge in [-0.1, -0.05) is 0 Å². The molecule has 0 aliphatic rings. The minimum absolute atomic E-state index is 0. The summed E-state index contributed by atoms with van der Waals surface area (Å²) in [6.45, 7) is 0. The molecule has 0 spiro atoms. The van der Waals surface area contributed by atoms with Crippen LogP contribution in [0.1, 0.15) is 0 Å². The number of hydrogen-bond donors (Lipinski definition) is 1. The fraction of sp³-hybridized carbons (Fsp3) is 0. The maximum absolute atomic E-state index is 0. The van der Waals surface area contributed by atoms with Crippen molar-refractivity contribution in [2.45, 2.75) is 0 Å². The summed E-state index contributed by atoms with van der Waals surface area (Å²) in [7, 11) is 0. The van der Waals surface area contributed by atoms with Crippen LogP contribution < -0.4 is 6.15 Å². The van der Waals surface area contributed by atoms with Crippen LogP contribution in [-0.2, 0) is 0 Å².